The van der Waals surface area contributed by atoms with Crippen LogP contribution in [-0.2, 0) is 6.54 Å². The van der Waals surface area contributed by atoms with Crippen molar-refractivity contribution in [3.63, 3.8) is 0 Å². The van der Waals surface area contributed by atoms with Crippen molar-refractivity contribution < 1.29 is 4.74 Å². The van der Waals surface area contributed by atoms with Crippen LogP contribution in [0.25, 0.3) is 11.3 Å². The second-order valence-corrected chi connectivity index (χ2v) is 5.96. The highest BCUT2D eigenvalue weighted by atomic mass is 16.5. The molecule has 0 saturated carbocycles. The first-order chi connectivity index (χ1) is 11.1. The minimum Gasteiger partial charge on any atom is -0.491 e. The Morgan fingerprint density at radius 3 is 2.70 bits per heavy atom. The van der Waals surface area contributed by atoms with Crippen molar-refractivity contribution in [2.75, 3.05) is 27.2 Å². The largest absolute Gasteiger partial charge is 0.491 e. The average Bonchev–Trinajstić information content (AvgIpc) is 3.01. The molecule has 0 unspecified atom stereocenters. The monoisotopic (exact) mass is 316 g/mol. The van der Waals surface area contributed by atoms with E-state index in [0.29, 0.717) is 0 Å². The van der Waals surface area contributed by atoms with E-state index in [1.165, 1.54) is 5.56 Å². The van der Waals surface area contributed by atoms with Crippen LogP contribution in [0, 0.1) is 0 Å². The lowest BCUT2D eigenvalue weighted by Crippen LogP contribution is -2.26. The number of nitrogens with zero attached hydrogens (tertiary/aromatic N) is 2. The van der Waals surface area contributed by atoms with E-state index in [1.807, 2.05) is 25.4 Å². The molecule has 2 aromatic rings. The molecule has 23 heavy (non-hydrogen) atoms. The molecule has 1 aromatic heterocycles. The molecule has 0 aliphatic heterocycles. The molecular formula is C18H28N4O. The van der Waals surface area contributed by atoms with Crippen LogP contribution in [0.3, 0.4) is 0 Å². The second kappa shape index (κ2) is 8.70. The third-order valence-electron chi connectivity index (χ3n) is 3.94. The molecule has 126 valence electrons. The van der Waals surface area contributed by atoms with E-state index in [-0.39, 0.29) is 6.10 Å². The lowest BCUT2D eigenvalue weighted by Gasteiger charge is -2.16. The quantitative estimate of drug-likeness (QED) is 0.747. The van der Waals surface area contributed by atoms with E-state index >= 15 is 0 Å². The Morgan fingerprint density at radius 2 is 2.04 bits per heavy atom. The van der Waals surface area contributed by atoms with Crippen molar-refractivity contribution in [1.82, 2.24) is 20.4 Å². The summed E-state index contributed by atoms with van der Waals surface area (Å²) in [6.07, 6.45) is 3.22. The van der Waals surface area contributed by atoms with E-state index in [9.17, 15) is 0 Å². The average molecular weight is 316 g/mol. The fourth-order valence-corrected chi connectivity index (χ4v) is 2.36. The summed E-state index contributed by atoms with van der Waals surface area (Å²) in [7, 11) is 4.09. The predicted molar refractivity (Wildman–Crippen MR) is 94.7 cm³/mol. The van der Waals surface area contributed by atoms with E-state index < -0.39 is 0 Å². The molecule has 1 heterocycles. The minimum absolute atomic E-state index is 0.239. The molecule has 0 amide bonds. The first-order valence-corrected chi connectivity index (χ1v) is 8.27. The van der Waals surface area contributed by atoms with Crippen molar-refractivity contribution in [3.05, 3.63) is 36.0 Å². The van der Waals surface area contributed by atoms with Crippen molar-refractivity contribution in [1.29, 1.82) is 0 Å². The smallest absolute Gasteiger partial charge is 0.119 e. The summed E-state index contributed by atoms with van der Waals surface area (Å²) in [5.41, 5.74) is 3.33. The minimum atomic E-state index is 0.239. The molecule has 2 rings (SSSR count). The topological polar surface area (TPSA) is 53.2 Å². The number of H-pyrrole nitrogens is 1. The lowest BCUT2D eigenvalue weighted by atomic mass is 10.1. The van der Waals surface area contributed by atoms with E-state index in [4.69, 9.17) is 4.74 Å². The van der Waals surface area contributed by atoms with Gasteiger partial charge in [-0.05, 0) is 51.7 Å². The van der Waals surface area contributed by atoms with Gasteiger partial charge in [-0.3, -0.25) is 5.10 Å². The first kappa shape index (κ1) is 17.5. The van der Waals surface area contributed by atoms with Crippen molar-refractivity contribution in [2.45, 2.75) is 32.9 Å². The molecule has 0 fully saturated rings. The summed E-state index contributed by atoms with van der Waals surface area (Å²) in [5, 5.41) is 10.6. The SMILES string of the molecule is CC[C@H](C)Oc1ccc(-c2n[nH]cc2CN(C)CCNC)cc1. The Morgan fingerprint density at radius 1 is 1.30 bits per heavy atom. The highest BCUT2D eigenvalue weighted by Gasteiger charge is 2.11. The molecule has 2 N–H and O–H groups in total. The third kappa shape index (κ3) is 5.08. The number of rotatable bonds is 9. The summed E-state index contributed by atoms with van der Waals surface area (Å²) in [6.45, 7) is 7.06. The Bertz CT molecular complexity index is 579. The summed E-state index contributed by atoms with van der Waals surface area (Å²) in [6, 6.07) is 8.19. The highest BCUT2D eigenvalue weighted by molar-refractivity contribution is 5.63. The van der Waals surface area contributed by atoms with Gasteiger partial charge in [0.2, 0.25) is 0 Å². The molecule has 0 aliphatic carbocycles. The van der Waals surface area contributed by atoms with Crippen LogP contribution >= 0.6 is 0 Å². The fourth-order valence-electron chi connectivity index (χ4n) is 2.36. The molecule has 0 radical (unpaired) electrons. The molecule has 0 saturated heterocycles. The second-order valence-electron chi connectivity index (χ2n) is 5.96. The molecule has 5 heteroatoms. The van der Waals surface area contributed by atoms with E-state index in [0.717, 1.165) is 43.1 Å². The van der Waals surface area contributed by atoms with Gasteiger partial charge in [0.15, 0.2) is 0 Å². The van der Waals surface area contributed by atoms with E-state index in [1.54, 1.807) is 0 Å². The van der Waals surface area contributed by atoms with Crippen LogP contribution in [0.2, 0.25) is 0 Å². The van der Waals surface area contributed by atoms with E-state index in [2.05, 4.69) is 53.4 Å². The number of hydrogen-bond acceptors (Lipinski definition) is 4. The summed E-state index contributed by atoms with van der Waals surface area (Å²) < 4.78 is 5.83. The van der Waals surface area contributed by atoms with Gasteiger partial charge in [0.1, 0.15) is 5.75 Å². The Hall–Kier alpha value is -1.85. The van der Waals surface area contributed by atoms with Crippen LogP contribution in [0.15, 0.2) is 30.5 Å². The highest BCUT2D eigenvalue weighted by Crippen LogP contribution is 2.25. The third-order valence-corrected chi connectivity index (χ3v) is 3.94. The summed E-state index contributed by atoms with van der Waals surface area (Å²) in [4.78, 5) is 2.28. The van der Waals surface area contributed by atoms with Crippen LogP contribution in [0.4, 0.5) is 0 Å². The first-order valence-electron chi connectivity index (χ1n) is 8.27. The van der Waals surface area contributed by atoms with Crippen molar-refractivity contribution in [2.24, 2.45) is 0 Å². The Balaban J connectivity index is 2.06. The number of likely N-dealkylation sites (N-methyl/N-ethyl adjacent to an activating group) is 2. The van der Waals surface area contributed by atoms with Crippen LogP contribution in [0.5, 0.6) is 5.75 Å². The maximum Gasteiger partial charge on any atom is 0.119 e. The standard InChI is InChI=1S/C18H28N4O/c1-5-14(2)23-17-8-6-15(7-9-17)18-16(12-20-21-18)13-22(4)11-10-19-3/h6-9,12,14,19H,5,10-11,13H2,1-4H3,(H,20,21)/t14-/m0/s1. The van der Waals surface area contributed by atoms with Gasteiger partial charge in [0, 0.05) is 37.0 Å². The van der Waals surface area contributed by atoms with Gasteiger partial charge >= 0.3 is 0 Å². The zero-order valence-electron chi connectivity index (χ0n) is 14.6. The number of ether oxygens (including phenoxy) is 1. The molecule has 1 atom stereocenters. The van der Waals surface area contributed by atoms with Crippen molar-refractivity contribution in [3.8, 4) is 17.0 Å². The van der Waals surface area contributed by atoms with Gasteiger partial charge in [-0.25, -0.2) is 0 Å². The molecular weight excluding hydrogens is 288 g/mol. The molecule has 1 aromatic carbocycles. The predicted octanol–water partition coefficient (Wildman–Crippen LogP) is 2.91. The number of aromatic amines is 1. The van der Waals surface area contributed by atoms with Gasteiger partial charge in [0.05, 0.1) is 11.8 Å². The zero-order chi connectivity index (χ0) is 16.7. The zero-order valence-corrected chi connectivity index (χ0v) is 14.6. The Labute approximate surface area is 139 Å². The van der Waals surface area contributed by atoms with Gasteiger partial charge < -0.3 is 15.0 Å². The van der Waals surface area contributed by atoms with Gasteiger partial charge in [-0.2, -0.15) is 5.10 Å². The van der Waals surface area contributed by atoms with Gasteiger partial charge in [-0.15, -0.1) is 0 Å². The number of hydrogen-bond donors (Lipinski definition) is 2. The van der Waals surface area contributed by atoms with Crippen molar-refractivity contribution >= 4 is 0 Å². The summed E-state index contributed by atoms with van der Waals surface area (Å²) in [5.74, 6) is 0.909. The molecule has 0 spiro atoms. The fraction of sp³-hybridized carbons (Fsp3) is 0.500. The maximum absolute atomic E-state index is 5.83. The molecule has 0 bridgehead atoms. The van der Waals surface area contributed by atoms with Gasteiger partial charge in [0.25, 0.3) is 0 Å². The lowest BCUT2D eigenvalue weighted by molar-refractivity contribution is 0.217. The Kier molecular flexibility index (Phi) is 6.62. The van der Waals surface area contributed by atoms with Crippen LogP contribution in [0.1, 0.15) is 25.8 Å². The van der Waals surface area contributed by atoms with Crippen LogP contribution < -0.4 is 10.1 Å². The number of benzene rings is 1. The molecule has 0 aliphatic rings. The summed E-state index contributed by atoms with van der Waals surface area (Å²) >= 11 is 0. The maximum atomic E-state index is 5.83. The van der Waals surface area contributed by atoms with Gasteiger partial charge in [-0.1, -0.05) is 6.92 Å². The molecule has 5 nitrogen and oxygen atoms in total. The number of nitrogens with one attached hydrogen (secondary N) is 2. The van der Waals surface area contributed by atoms with Crippen LogP contribution in [-0.4, -0.2) is 48.4 Å². The number of aromatic nitrogens is 2. The normalized spacial score (nSPS) is 12.6.